The van der Waals surface area contributed by atoms with Crippen LogP contribution in [-0.2, 0) is 10.9 Å². The zero-order chi connectivity index (χ0) is 13.6. The van der Waals surface area contributed by atoms with Crippen molar-refractivity contribution in [1.82, 2.24) is 0 Å². The van der Waals surface area contributed by atoms with Gasteiger partial charge in [0, 0.05) is 5.56 Å². The number of aliphatic imine (C=N–C) groups is 1. The molecule has 1 aliphatic heterocycles. The van der Waals surface area contributed by atoms with E-state index in [9.17, 15) is 13.2 Å². The molecule has 0 radical (unpaired) electrons. The topological polar surface area (TPSA) is 21.6 Å². The number of alkyl halides is 3. The van der Waals surface area contributed by atoms with Crippen molar-refractivity contribution in [1.29, 1.82) is 0 Å². The van der Waals surface area contributed by atoms with Gasteiger partial charge >= 0.3 is 6.18 Å². The highest BCUT2D eigenvalue weighted by molar-refractivity contribution is 5.96. The molecule has 1 heterocycles. The van der Waals surface area contributed by atoms with Gasteiger partial charge in [0.25, 0.3) is 0 Å². The monoisotopic (exact) mass is 257 g/mol. The molecule has 0 saturated carbocycles. The minimum absolute atomic E-state index is 0.315. The van der Waals surface area contributed by atoms with E-state index in [1.54, 1.807) is 6.92 Å². The first-order valence-corrected chi connectivity index (χ1v) is 5.60. The van der Waals surface area contributed by atoms with Crippen LogP contribution in [0.15, 0.2) is 23.2 Å². The van der Waals surface area contributed by atoms with Crippen molar-refractivity contribution < 1.29 is 17.9 Å². The fraction of sp³-hybridized carbons (Fsp3) is 0.462. The Balaban J connectivity index is 2.38. The van der Waals surface area contributed by atoms with Gasteiger partial charge in [-0.05, 0) is 44.5 Å². The van der Waals surface area contributed by atoms with Crippen molar-refractivity contribution in [3.8, 4) is 0 Å². The summed E-state index contributed by atoms with van der Waals surface area (Å²) in [4.78, 5) is 4.36. The molecule has 0 bridgehead atoms. The molecule has 2 rings (SSSR count). The van der Waals surface area contributed by atoms with Crippen LogP contribution in [0.5, 0.6) is 0 Å². The van der Waals surface area contributed by atoms with Gasteiger partial charge in [-0.1, -0.05) is 0 Å². The van der Waals surface area contributed by atoms with Gasteiger partial charge in [0.2, 0.25) is 5.90 Å². The summed E-state index contributed by atoms with van der Waals surface area (Å²) in [7, 11) is 0. The standard InChI is InChI=1S/C13H14F3NO/c1-8-6-9(13(14,15)16)4-5-10(8)11-17-12(2,3)7-18-11/h4-6H,7H2,1-3H3. The SMILES string of the molecule is Cc1cc(C(F)(F)F)ccc1C1=NC(C)(C)CO1. The number of ether oxygens (including phenoxy) is 1. The third-order valence-corrected chi connectivity index (χ3v) is 2.75. The lowest BCUT2D eigenvalue weighted by atomic mass is 10.0. The Morgan fingerprint density at radius 1 is 1.28 bits per heavy atom. The molecule has 18 heavy (non-hydrogen) atoms. The zero-order valence-corrected chi connectivity index (χ0v) is 10.4. The molecule has 0 aromatic heterocycles. The third kappa shape index (κ3) is 2.49. The van der Waals surface area contributed by atoms with Gasteiger partial charge in [-0.25, -0.2) is 4.99 Å². The normalized spacial score (nSPS) is 18.4. The molecule has 0 saturated heterocycles. The Kier molecular flexibility index (Phi) is 2.87. The molecule has 0 aliphatic carbocycles. The van der Waals surface area contributed by atoms with Crippen molar-refractivity contribution in [2.75, 3.05) is 6.61 Å². The van der Waals surface area contributed by atoms with Crippen molar-refractivity contribution >= 4 is 5.90 Å². The Morgan fingerprint density at radius 3 is 2.39 bits per heavy atom. The van der Waals surface area contributed by atoms with Crippen LogP contribution in [0.4, 0.5) is 13.2 Å². The Hall–Kier alpha value is -1.52. The zero-order valence-electron chi connectivity index (χ0n) is 10.4. The molecule has 1 aliphatic rings. The maximum absolute atomic E-state index is 12.5. The van der Waals surface area contributed by atoms with E-state index in [1.165, 1.54) is 6.07 Å². The second-order valence-electron chi connectivity index (χ2n) is 5.05. The molecular formula is C13H14F3NO. The summed E-state index contributed by atoms with van der Waals surface area (Å²) >= 11 is 0. The summed E-state index contributed by atoms with van der Waals surface area (Å²) in [6, 6.07) is 3.59. The maximum Gasteiger partial charge on any atom is 0.416 e. The minimum atomic E-state index is -4.32. The van der Waals surface area contributed by atoms with Crippen LogP contribution >= 0.6 is 0 Å². The number of rotatable bonds is 1. The number of halogens is 3. The Labute approximate surface area is 103 Å². The molecule has 2 nitrogen and oxygen atoms in total. The van der Waals surface area contributed by atoms with Crippen molar-refractivity contribution in [3.63, 3.8) is 0 Å². The molecular weight excluding hydrogens is 243 g/mol. The van der Waals surface area contributed by atoms with Crippen LogP contribution in [0.1, 0.15) is 30.5 Å². The predicted molar refractivity (Wildman–Crippen MR) is 62.7 cm³/mol. The molecule has 0 amide bonds. The van der Waals surface area contributed by atoms with Crippen LogP contribution in [-0.4, -0.2) is 18.0 Å². The number of hydrogen-bond donors (Lipinski definition) is 0. The molecule has 0 fully saturated rings. The van der Waals surface area contributed by atoms with E-state index in [4.69, 9.17) is 4.74 Å². The Morgan fingerprint density at radius 2 is 1.94 bits per heavy atom. The average molecular weight is 257 g/mol. The fourth-order valence-electron chi connectivity index (χ4n) is 1.80. The summed E-state index contributed by atoms with van der Waals surface area (Å²) in [5, 5.41) is 0. The van der Waals surface area contributed by atoms with Gasteiger partial charge in [0.15, 0.2) is 0 Å². The van der Waals surface area contributed by atoms with Crippen LogP contribution < -0.4 is 0 Å². The lowest BCUT2D eigenvalue weighted by Gasteiger charge is -2.10. The molecule has 1 aromatic rings. The molecule has 1 aromatic carbocycles. The van der Waals surface area contributed by atoms with Gasteiger partial charge in [-0.15, -0.1) is 0 Å². The largest absolute Gasteiger partial charge is 0.475 e. The van der Waals surface area contributed by atoms with Gasteiger partial charge in [0.1, 0.15) is 6.61 Å². The van der Waals surface area contributed by atoms with Gasteiger partial charge in [0.05, 0.1) is 11.1 Å². The lowest BCUT2D eigenvalue weighted by molar-refractivity contribution is -0.137. The van der Waals surface area contributed by atoms with Crippen LogP contribution in [0.3, 0.4) is 0 Å². The molecule has 98 valence electrons. The van der Waals surface area contributed by atoms with Crippen LogP contribution in [0, 0.1) is 6.92 Å². The second kappa shape index (κ2) is 4.00. The number of hydrogen-bond acceptors (Lipinski definition) is 2. The highest BCUT2D eigenvalue weighted by Crippen LogP contribution is 2.31. The van der Waals surface area contributed by atoms with Crippen LogP contribution in [0.2, 0.25) is 0 Å². The van der Waals surface area contributed by atoms with Crippen molar-refractivity contribution in [2.45, 2.75) is 32.5 Å². The number of aryl methyl sites for hydroxylation is 1. The van der Waals surface area contributed by atoms with E-state index in [-0.39, 0.29) is 5.54 Å². The first-order chi connectivity index (χ1) is 8.19. The first kappa shape index (κ1) is 12.9. The summed E-state index contributed by atoms with van der Waals surface area (Å²) in [5.41, 5.74) is 0.168. The highest BCUT2D eigenvalue weighted by atomic mass is 19.4. The summed E-state index contributed by atoms with van der Waals surface area (Å²) in [6.07, 6.45) is -4.32. The summed E-state index contributed by atoms with van der Waals surface area (Å²) in [5.74, 6) is 0.422. The quantitative estimate of drug-likeness (QED) is 0.753. The molecule has 0 atom stereocenters. The van der Waals surface area contributed by atoms with E-state index in [0.717, 1.165) is 12.1 Å². The van der Waals surface area contributed by atoms with E-state index in [2.05, 4.69) is 4.99 Å². The van der Waals surface area contributed by atoms with Crippen molar-refractivity contribution in [2.24, 2.45) is 4.99 Å². The molecule has 0 spiro atoms. The van der Waals surface area contributed by atoms with E-state index in [1.807, 2.05) is 13.8 Å². The highest BCUT2D eigenvalue weighted by Gasteiger charge is 2.32. The number of benzene rings is 1. The minimum Gasteiger partial charge on any atom is -0.475 e. The summed E-state index contributed by atoms with van der Waals surface area (Å²) in [6.45, 7) is 5.91. The first-order valence-electron chi connectivity index (χ1n) is 5.60. The maximum atomic E-state index is 12.5. The fourth-order valence-corrected chi connectivity index (χ4v) is 1.80. The van der Waals surface area contributed by atoms with Crippen molar-refractivity contribution in [3.05, 3.63) is 34.9 Å². The molecule has 0 unspecified atom stereocenters. The van der Waals surface area contributed by atoms with Crippen LogP contribution in [0.25, 0.3) is 0 Å². The third-order valence-electron chi connectivity index (χ3n) is 2.75. The summed E-state index contributed by atoms with van der Waals surface area (Å²) < 4.78 is 43.0. The van der Waals surface area contributed by atoms with Gasteiger partial charge in [-0.2, -0.15) is 13.2 Å². The van der Waals surface area contributed by atoms with E-state index < -0.39 is 11.7 Å². The Bertz CT molecular complexity index is 503. The smallest absolute Gasteiger partial charge is 0.416 e. The van der Waals surface area contributed by atoms with E-state index in [0.29, 0.717) is 23.6 Å². The second-order valence-corrected chi connectivity index (χ2v) is 5.05. The molecule has 0 N–H and O–H groups in total. The average Bonchev–Trinajstić information content (AvgIpc) is 2.57. The number of nitrogens with zero attached hydrogens (tertiary/aromatic N) is 1. The van der Waals surface area contributed by atoms with E-state index >= 15 is 0 Å². The predicted octanol–water partition coefficient (Wildman–Crippen LogP) is 3.57. The molecule has 5 heteroatoms. The lowest BCUT2D eigenvalue weighted by Crippen LogP contribution is -2.17. The van der Waals surface area contributed by atoms with Gasteiger partial charge in [-0.3, -0.25) is 0 Å². The van der Waals surface area contributed by atoms with Gasteiger partial charge < -0.3 is 4.74 Å².